The summed E-state index contributed by atoms with van der Waals surface area (Å²) in [5.41, 5.74) is 1.08. The maximum Gasteiger partial charge on any atom is 0.271 e. The van der Waals surface area contributed by atoms with E-state index in [9.17, 15) is 28.1 Å². The van der Waals surface area contributed by atoms with E-state index in [2.05, 4.69) is 10.6 Å². The molecule has 0 aromatic heterocycles. The summed E-state index contributed by atoms with van der Waals surface area (Å²) in [5.74, 6) is -0.664. The molecule has 1 heterocycles. The van der Waals surface area contributed by atoms with Gasteiger partial charge in [0.15, 0.2) is 9.84 Å². The lowest BCUT2D eigenvalue weighted by molar-refractivity contribution is -0.385. The predicted octanol–water partition coefficient (Wildman–Crippen LogP) is 0.865. The highest BCUT2D eigenvalue weighted by atomic mass is 32.2. The van der Waals surface area contributed by atoms with Crippen molar-refractivity contribution in [1.82, 2.24) is 10.6 Å². The molecule has 0 spiro atoms. The van der Waals surface area contributed by atoms with Crippen LogP contribution in [0.3, 0.4) is 0 Å². The monoisotopic (exact) mass is 432 g/mol. The van der Waals surface area contributed by atoms with Gasteiger partial charge in [0.05, 0.1) is 16.4 Å². The van der Waals surface area contributed by atoms with Gasteiger partial charge in [-0.05, 0) is 23.8 Å². The quantitative estimate of drug-likeness (QED) is 0.510. The molecule has 0 aliphatic carbocycles. The van der Waals surface area contributed by atoms with Crippen LogP contribution in [-0.4, -0.2) is 51.0 Å². The molecule has 1 aliphatic heterocycles. The molecule has 10 nitrogen and oxygen atoms in total. The predicted molar refractivity (Wildman–Crippen MR) is 109 cm³/mol. The van der Waals surface area contributed by atoms with E-state index in [0.29, 0.717) is 13.1 Å². The summed E-state index contributed by atoms with van der Waals surface area (Å²) < 4.78 is 23.5. The molecule has 30 heavy (non-hydrogen) atoms. The Labute approximate surface area is 172 Å². The lowest BCUT2D eigenvalue weighted by atomic mass is 10.1. The van der Waals surface area contributed by atoms with Crippen molar-refractivity contribution in [2.75, 3.05) is 30.8 Å². The Morgan fingerprint density at radius 3 is 2.53 bits per heavy atom. The van der Waals surface area contributed by atoms with Crippen LogP contribution in [0.5, 0.6) is 0 Å². The lowest BCUT2D eigenvalue weighted by Crippen LogP contribution is -2.47. The smallest absolute Gasteiger partial charge is 0.271 e. The van der Waals surface area contributed by atoms with Gasteiger partial charge in [0, 0.05) is 49.3 Å². The first kappa shape index (κ1) is 21.2. The Kier molecular flexibility index (Phi) is 6.01. The summed E-state index contributed by atoms with van der Waals surface area (Å²) in [6.07, 6.45) is 0.918. The minimum atomic E-state index is -3.72. The number of nitro groups is 1. The van der Waals surface area contributed by atoms with Crippen LogP contribution in [0.15, 0.2) is 47.4 Å². The number of benzene rings is 2. The summed E-state index contributed by atoms with van der Waals surface area (Å²) in [4.78, 5) is 35.9. The zero-order valence-corrected chi connectivity index (χ0v) is 16.9. The summed E-state index contributed by atoms with van der Waals surface area (Å²) in [6, 6.07) is 10.4. The number of rotatable bonds is 6. The third-order valence-electron chi connectivity index (χ3n) is 4.59. The van der Waals surface area contributed by atoms with Gasteiger partial charge in [-0.1, -0.05) is 12.1 Å². The van der Waals surface area contributed by atoms with E-state index < -0.39 is 26.4 Å². The number of hydrogen-bond acceptors (Lipinski definition) is 7. The van der Waals surface area contributed by atoms with Crippen molar-refractivity contribution in [2.24, 2.45) is 0 Å². The zero-order chi connectivity index (χ0) is 21.9. The van der Waals surface area contributed by atoms with Gasteiger partial charge in [-0.2, -0.15) is 0 Å². The molecule has 2 N–H and O–H groups in total. The van der Waals surface area contributed by atoms with Crippen molar-refractivity contribution >= 4 is 33.0 Å². The minimum Gasteiger partial charge on any atom is -0.360 e. The Bertz CT molecular complexity index is 1100. The molecule has 1 saturated heterocycles. The molecule has 0 unspecified atom stereocenters. The molecule has 2 aromatic carbocycles. The van der Waals surface area contributed by atoms with Gasteiger partial charge in [0.25, 0.3) is 11.6 Å². The number of hydrogen-bond donors (Lipinski definition) is 2. The van der Waals surface area contributed by atoms with Crippen molar-refractivity contribution in [2.45, 2.75) is 11.4 Å². The first-order valence-corrected chi connectivity index (χ1v) is 10.9. The summed E-state index contributed by atoms with van der Waals surface area (Å²) in [6.45, 7) is 1.72. The molecule has 0 atom stereocenters. The second-order valence-corrected chi connectivity index (χ2v) is 8.88. The first-order valence-electron chi connectivity index (χ1n) is 9.02. The lowest BCUT2D eigenvalue weighted by Gasteiger charge is -2.28. The van der Waals surface area contributed by atoms with E-state index in [1.54, 1.807) is 12.1 Å². The molecule has 3 rings (SSSR count). The molecular weight excluding hydrogens is 412 g/mol. The molecule has 1 fully saturated rings. The van der Waals surface area contributed by atoms with E-state index in [-0.39, 0.29) is 29.5 Å². The standard InChI is InChI=1S/C19H20N4O6S/c1-30(28,29)17-9-14(8-16(10-17)23(26)27)19(25)21-11-13-2-4-15(5-3-13)22-7-6-20-18(24)12-22/h2-5,8-10H,6-7,11-12H2,1H3,(H,20,24)(H,21,25). The number of amides is 2. The van der Waals surface area contributed by atoms with Gasteiger partial charge < -0.3 is 15.5 Å². The Morgan fingerprint density at radius 1 is 1.23 bits per heavy atom. The average molecular weight is 432 g/mol. The molecule has 158 valence electrons. The summed E-state index contributed by atoms with van der Waals surface area (Å²) >= 11 is 0. The van der Waals surface area contributed by atoms with Gasteiger partial charge in [-0.3, -0.25) is 19.7 Å². The fourth-order valence-corrected chi connectivity index (χ4v) is 3.68. The molecule has 11 heteroatoms. The van der Waals surface area contributed by atoms with Crippen molar-refractivity contribution in [1.29, 1.82) is 0 Å². The van der Waals surface area contributed by atoms with Gasteiger partial charge in [0.2, 0.25) is 5.91 Å². The molecule has 2 amide bonds. The van der Waals surface area contributed by atoms with Crippen LogP contribution in [0.2, 0.25) is 0 Å². The molecular formula is C19H20N4O6S. The Balaban J connectivity index is 1.70. The second-order valence-electron chi connectivity index (χ2n) is 6.87. The maximum atomic E-state index is 12.4. The van der Waals surface area contributed by atoms with E-state index in [1.807, 2.05) is 17.0 Å². The highest BCUT2D eigenvalue weighted by Gasteiger charge is 2.19. The Hall–Kier alpha value is -3.47. The van der Waals surface area contributed by atoms with Crippen LogP contribution in [0.1, 0.15) is 15.9 Å². The minimum absolute atomic E-state index is 0.0389. The number of anilines is 1. The molecule has 2 aromatic rings. The van der Waals surface area contributed by atoms with E-state index >= 15 is 0 Å². The normalized spacial score (nSPS) is 14.2. The van der Waals surface area contributed by atoms with Gasteiger partial charge in [0.1, 0.15) is 0 Å². The first-order chi connectivity index (χ1) is 14.1. The van der Waals surface area contributed by atoms with Gasteiger partial charge in [-0.15, -0.1) is 0 Å². The van der Waals surface area contributed by atoms with Crippen LogP contribution in [0, 0.1) is 10.1 Å². The third kappa shape index (κ3) is 5.11. The SMILES string of the molecule is CS(=O)(=O)c1cc(C(=O)NCc2ccc(N3CCNC(=O)C3)cc2)cc([N+](=O)[O-])c1. The fourth-order valence-electron chi connectivity index (χ4n) is 3.00. The van der Waals surface area contributed by atoms with E-state index in [4.69, 9.17) is 0 Å². The van der Waals surface area contributed by atoms with Crippen molar-refractivity contribution in [3.8, 4) is 0 Å². The van der Waals surface area contributed by atoms with Crippen LogP contribution in [0.4, 0.5) is 11.4 Å². The zero-order valence-electron chi connectivity index (χ0n) is 16.1. The highest BCUT2D eigenvalue weighted by Crippen LogP contribution is 2.21. The number of piperazine rings is 1. The summed E-state index contributed by atoms with van der Waals surface area (Å²) in [7, 11) is -3.72. The molecule has 0 bridgehead atoms. The number of carbonyl (C=O) groups excluding carboxylic acids is 2. The number of nitro benzene ring substituents is 1. The van der Waals surface area contributed by atoms with Crippen LogP contribution in [-0.2, 0) is 21.2 Å². The molecule has 0 saturated carbocycles. The topological polar surface area (TPSA) is 139 Å². The van der Waals surface area contributed by atoms with Crippen molar-refractivity contribution < 1.29 is 22.9 Å². The second kappa shape index (κ2) is 8.49. The maximum absolute atomic E-state index is 12.4. The summed E-state index contributed by atoms with van der Waals surface area (Å²) in [5, 5.41) is 16.5. The number of sulfone groups is 1. The largest absolute Gasteiger partial charge is 0.360 e. The van der Waals surface area contributed by atoms with Crippen LogP contribution < -0.4 is 15.5 Å². The highest BCUT2D eigenvalue weighted by molar-refractivity contribution is 7.90. The van der Waals surface area contributed by atoms with Gasteiger partial charge in [-0.25, -0.2) is 8.42 Å². The molecule has 1 aliphatic rings. The average Bonchev–Trinajstić information content (AvgIpc) is 2.71. The number of carbonyl (C=O) groups is 2. The van der Waals surface area contributed by atoms with Gasteiger partial charge >= 0.3 is 0 Å². The van der Waals surface area contributed by atoms with Crippen molar-refractivity contribution in [3.05, 3.63) is 63.7 Å². The third-order valence-corrected chi connectivity index (χ3v) is 5.68. The fraction of sp³-hybridized carbons (Fsp3) is 0.263. The van der Waals surface area contributed by atoms with Crippen LogP contribution >= 0.6 is 0 Å². The number of non-ortho nitro benzene ring substituents is 1. The molecule has 0 radical (unpaired) electrons. The number of nitrogens with zero attached hydrogens (tertiary/aromatic N) is 2. The van der Waals surface area contributed by atoms with Crippen molar-refractivity contribution in [3.63, 3.8) is 0 Å². The van der Waals surface area contributed by atoms with E-state index in [0.717, 1.165) is 35.7 Å². The Morgan fingerprint density at radius 2 is 1.93 bits per heavy atom. The van der Waals surface area contributed by atoms with Crippen LogP contribution in [0.25, 0.3) is 0 Å². The van der Waals surface area contributed by atoms with E-state index in [1.165, 1.54) is 0 Å². The number of nitrogens with one attached hydrogen (secondary N) is 2.